The molecule has 1 aliphatic heterocycles. The van der Waals surface area contributed by atoms with Crippen molar-refractivity contribution in [3.05, 3.63) is 53.5 Å². The number of piperazine rings is 1. The van der Waals surface area contributed by atoms with Gasteiger partial charge in [-0.05, 0) is 24.3 Å². The van der Waals surface area contributed by atoms with E-state index < -0.39 is 5.82 Å². The summed E-state index contributed by atoms with van der Waals surface area (Å²) in [6, 6.07) is 5.13. The smallest absolute Gasteiger partial charge is 0.246 e. The fourth-order valence-corrected chi connectivity index (χ4v) is 4.74. The predicted octanol–water partition coefficient (Wildman–Crippen LogP) is 3.63. The molecule has 172 valence electrons. The van der Waals surface area contributed by atoms with E-state index >= 15 is 4.39 Å². The number of anilines is 1. The number of nitrogens with zero attached hydrogens (tertiary/aromatic N) is 4. The van der Waals surface area contributed by atoms with E-state index in [1.807, 2.05) is 11.0 Å². The first-order valence-electron chi connectivity index (χ1n) is 10.2. The molecule has 7 nitrogen and oxygen atoms in total. The number of carbonyl (C=O) groups is 1. The van der Waals surface area contributed by atoms with Gasteiger partial charge in [0.25, 0.3) is 0 Å². The average molecular weight is 488 g/mol. The number of ether oxygens (including phenoxy) is 1. The first-order chi connectivity index (χ1) is 15.8. The summed E-state index contributed by atoms with van der Waals surface area (Å²) in [5.74, 6) is -0.236. The molecule has 1 saturated heterocycles. The number of aryl methyl sites for hydroxylation is 1. The van der Waals surface area contributed by atoms with Crippen molar-refractivity contribution < 1.29 is 13.9 Å². The van der Waals surface area contributed by atoms with Crippen LogP contribution in [0.4, 0.5) is 10.1 Å². The summed E-state index contributed by atoms with van der Waals surface area (Å²) < 4.78 is 22.8. The standard InChI is InChI=1S/C23H23ClFN5O2S/c1-4-18(31)29-5-7-30(8-6-29)23(33)16-11-17(24)19(20(25)21(16)26)15-10-14(32-3)9-13-12-27-28(2)22(13)15/h4,9-12H,1,5-8,26H2,2-3H3. The second-order valence-corrected chi connectivity index (χ2v) is 8.51. The highest BCUT2D eigenvalue weighted by Crippen LogP contribution is 2.41. The average Bonchev–Trinajstić information content (AvgIpc) is 3.21. The van der Waals surface area contributed by atoms with Crippen molar-refractivity contribution in [2.24, 2.45) is 7.05 Å². The van der Waals surface area contributed by atoms with Gasteiger partial charge in [-0.2, -0.15) is 5.10 Å². The van der Waals surface area contributed by atoms with E-state index in [4.69, 9.17) is 34.3 Å². The Kier molecular flexibility index (Phi) is 6.27. The zero-order chi connectivity index (χ0) is 23.9. The van der Waals surface area contributed by atoms with E-state index in [2.05, 4.69) is 11.7 Å². The van der Waals surface area contributed by atoms with E-state index in [1.54, 1.807) is 35.0 Å². The summed E-state index contributed by atoms with van der Waals surface area (Å²) in [7, 11) is 3.31. The fourth-order valence-electron chi connectivity index (χ4n) is 4.09. The summed E-state index contributed by atoms with van der Waals surface area (Å²) in [5.41, 5.74) is 7.90. The normalized spacial score (nSPS) is 13.9. The Morgan fingerprint density at radius 2 is 1.94 bits per heavy atom. The number of fused-ring (bicyclic) bond motifs is 1. The molecule has 4 rings (SSSR count). The number of benzene rings is 2. The molecule has 1 aliphatic rings. The van der Waals surface area contributed by atoms with Crippen LogP contribution in [0.2, 0.25) is 5.02 Å². The Balaban J connectivity index is 1.73. The molecule has 0 unspecified atom stereocenters. The molecule has 33 heavy (non-hydrogen) atoms. The molecule has 0 atom stereocenters. The molecule has 1 aromatic heterocycles. The van der Waals surface area contributed by atoms with Crippen LogP contribution in [0, 0.1) is 5.82 Å². The van der Waals surface area contributed by atoms with Gasteiger partial charge in [0.15, 0.2) is 5.82 Å². The van der Waals surface area contributed by atoms with E-state index in [0.717, 1.165) is 5.39 Å². The highest BCUT2D eigenvalue weighted by molar-refractivity contribution is 7.80. The number of nitrogens with two attached hydrogens (primary N) is 1. The Morgan fingerprint density at radius 1 is 1.27 bits per heavy atom. The number of amides is 1. The van der Waals surface area contributed by atoms with Gasteiger partial charge in [0.2, 0.25) is 5.91 Å². The molecule has 2 N–H and O–H groups in total. The van der Waals surface area contributed by atoms with E-state index in [0.29, 0.717) is 53.6 Å². The van der Waals surface area contributed by atoms with Crippen molar-refractivity contribution in [3.63, 3.8) is 0 Å². The van der Waals surface area contributed by atoms with Crippen LogP contribution in [0.25, 0.3) is 22.0 Å². The first-order valence-corrected chi connectivity index (χ1v) is 11.0. The maximum Gasteiger partial charge on any atom is 0.246 e. The molecular weight excluding hydrogens is 465 g/mol. The molecule has 3 aromatic rings. The highest BCUT2D eigenvalue weighted by Gasteiger charge is 2.26. The first kappa shape index (κ1) is 23.0. The number of nitrogen functional groups attached to an aromatic ring is 1. The summed E-state index contributed by atoms with van der Waals surface area (Å²) >= 11 is 12.2. The number of hydrogen-bond acceptors (Lipinski definition) is 5. The third-order valence-electron chi connectivity index (χ3n) is 5.85. The lowest BCUT2D eigenvalue weighted by Crippen LogP contribution is -2.50. The van der Waals surface area contributed by atoms with Crippen molar-refractivity contribution in [1.82, 2.24) is 19.6 Å². The van der Waals surface area contributed by atoms with E-state index in [-0.39, 0.29) is 22.2 Å². The predicted molar refractivity (Wildman–Crippen MR) is 132 cm³/mol. The van der Waals surface area contributed by atoms with Gasteiger partial charge in [0, 0.05) is 55.3 Å². The van der Waals surface area contributed by atoms with Crippen molar-refractivity contribution in [3.8, 4) is 16.9 Å². The zero-order valence-electron chi connectivity index (χ0n) is 18.3. The molecule has 2 aromatic carbocycles. The number of rotatable bonds is 4. The van der Waals surface area contributed by atoms with Crippen LogP contribution >= 0.6 is 23.8 Å². The molecule has 0 aliphatic carbocycles. The maximum atomic E-state index is 15.7. The van der Waals surface area contributed by atoms with Crippen molar-refractivity contribution in [2.75, 3.05) is 39.0 Å². The minimum Gasteiger partial charge on any atom is -0.497 e. The summed E-state index contributed by atoms with van der Waals surface area (Å²) in [6.07, 6.45) is 2.97. The van der Waals surface area contributed by atoms with Crippen LogP contribution in [0.1, 0.15) is 5.56 Å². The molecule has 1 amide bonds. The van der Waals surface area contributed by atoms with Gasteiger partial charge in [-0.15, -0.1) is 0 Å². The largest absolute Gasteiger partial charge is 0.497 e. The van der Waals surface area contributed by atoms with Crippen molar-refractivity contribution >= 4 is 51.3 Å². The van der Waals surface area contributed by atoms with Gasteiger partial charge < -0.3 is 20.3 Å². The van der Waals surface area contributed by atoms with Gasteiger partial charge in [-0.1, -0.05) is 30.4 Å². The van der Waals surface area contributed by atoms with Gasteiger partial charge >= 0.3 is 0 Å². The molecule has 2 heterocycles. The zero-order valence-corrected chi connectivity index (χ0v) is 19.8. The summed E-state index contributed by atoms with van der Waals surface area (Å²) in [5, 5.41) is 5.23. The van der Waals surface area contributed by atoms with Gasteiger partial charge in [0.1, 0.15) is 10.7 Å². The third-order valence-corrected chi connectivity index (χ3v) is 6.63. The van der Waals surface area contributed by atoms with Crippen LogP contribution in [0.3, 0.4) is 0 Å². The summed E-state index contributed by atoms with van der Waals surface area (Å²) in [6.45, 7) is 5.50. The quantitative estimate of drug-likeness (QED) is 0.344. The van der Waals surface area contributed by atoms with E-state index in [9.17, 15) is 4.79 Å². The van der Waals surface area contributed by atoms with Gasteiger partial charge in [0.05, 0.1) is 29.5 Å². The van der Waals surface area contributed by atoms with Crippen LogP contribution in [-0.4, -0.2) is 63.8 Å². The second kappa shape index (κ2) is 8.99. The Bertz CT molecular complexity index is 1280. The van der Waals surface area contributed by atoms with E-state index in [1.165, 1.54) is 13.2 Å². The lowest BCUT2D eigenvalue weighted by Gasteiger charge is -2.36. The van der Waals surface area contributed by atoms with Crippen LogP contribution in [0.5, 0.6) is 5.75 Å². The Morgan fingerprint density at radius 3 is 2.58 bits per heavy atom. The second-order valence-electron chi connectivity index (χ2n) is 7.71. The van der Waals surface area contributed by atoms with Crippen LogP contribution < -0.4 is 10.5 Å². The van der Waals surface area contributed by atoms with Gasteiger partial charge in [-0.25, -0.2) is 4.39 Å². The SMILES string of the molecule is C=CC(=O)N1CCN(C(=S)c2cc(Cl)c(-c3cc(OC)cc4cnn(C)c34)c(F)c2N)CC1. The molecule has 10 heteroatoms. The lowest BCUT2D eigenvalue weighted by atomic mass is 9.98. The monoisotopic (exact) mass is 487 g/mol. The molecule has 0 saturated carbocycles. The number of thiocarbonyl (C=S) groups is 1. The summed E-state index contributed by atoms with van der Waals surface area (Å²) in [4.78, 5) is 15.8. The third kappa shape index (κ3) is 4.02. The molecule has 0 spiro atoms. The molecule has 0 radical (unpaired) electrons. The Labute approximate surface area is 201 Å². The van der Waals surface area contributed by atoms with Gasteiger partial charge in [-0.3, -0.25) is 9.48 Å². The maximum absolute atomic E-state index is 15.7. The Hall–Kier alpha value is -3.17. The number of methoxy groups -OCH3 is 1. The molecule has 1 fully saturated rings. The minimum atomic E-state index is -0.656. The fraction of sp³-hybridized carbons (Fsp3) is 0.261. The molecular formula is C23H23ClFN5O2S. The number of aromatic nitrogens is 2. The number of carbonyl (C=O) groups excluding carboxylic acids is 1. The van der Waals surface area contributed by atoms with Crippen LogP contribution in [-0.2, 0) is 11.8 Å². The number of halogens is 2. The minimum absolute atomic E-state index is 0.0814. The lowest BCUT2D eigenvalue weighted by molar-refractivity contribution is -0.127. The highest BCUT2D eigenvalue weighted by atomic mass is 35.5. The van der Waals surface area contributed by atoms with Crippen molar-refractivity contribution in [2.45, 2.75) is 0 Å². The number of hydrogen-bond donors (Lipinski definition) is 1. The topological polar surface area (TPSA) is 76.6 Å². The molecule has 0 bridgehead atoms. The van der Waals surface area contributed by atoms with Crippen LogP contribution in [0.15, 0.2) is 37.1 Å². The van der Waals surface area contributed by atoms with Crippen molar-refractivity contribution in [1.29, 1.82) is 0 Å².